The van der Waals surface area contributed by atoms with Crippen molar-refractivity contribution in [2.75, 3.05) is 0 Å². The third kappa shape index (κ3) is 2.21. The molecule has 106 valence electrons. The van der Waals surface area contributed by atoms with Crippen LogP contribution >= 0.6 is 0 Å². The lowest BCUT2D eigenvalue weighted by atomic mass is 10.2. The van der Waals surface area contributed by atoms with Crippen LogP contribution in [0, 0.1) is 5.82 Å². The highest BCUT2D eigenvalue weighted by Crippen LogP contribution is 2.19. The fourth-order valence-corrected chi connectivity index (χ4v) is 2.31. The van der Waals surface area contributed by atoms with Gasteiger partial charge < -0.3 is 5.11 Å². The molecule has 3 aromatic rings. The number of para-hydroxylation sites is 1. The van der Waals surface area contributed by atoms with Gasteiger partial charge in [0.15, 0.2) is 0 Å². The maximum atomic E-state index is 14.0. The minimum Gasteiger partial charge on any atom is -0.385 e. The quantitative estimate of drug-likeness (QED) is 0.787. The normalized spacial score (nSPS) is 12.5. The van der Waals surface area contributed by atoms with E-state index in [2.05, 4.69) is 4.98 Å². The van der Waals surface area contributed by atoms with Crippen molar-refractivity contribution < 1.29 is 9.50 Å². The predicted octanol–water partition coefficient (Wildman–Crippen LogP) is 2.58. The van der Waals surface area contributed by atoms with Crippen LogP contribution < -0.4 is 5.56 Å². The highest BCUT2D eigenvalue weighted by atomic mass is 19.1. The van der Waals surface area contributed by atoms with Crippen molar-refractivity contribution in [2.24, 2.45) is 0 Å². The van der Waals surface area contributed by atoms with Gasteiger partial charge in [-0.15, -0.1) is 0 Å². The molecular formula is C16H13FN2O2. The van der Waals surface area contributed by atoms with E-state index in [4.69, 9.17) is 0 Å². The average Bonchev–Trinajstić information content (AvgIpc) is 2.47. The maximum Gasteiger partial charge on any atom is 0.269 e. The smallest absolute Gasteiger partial charge is 0.269 e. The van der Waals surface area contributed by atoms with Crippen LogP contribution in [0.5, 0.6) is 0 Å². The van der Waals surface area contributed by atoms with Gasteiger partial charge in [0.2, 0.25) is 0 Å². The van der Waals surface area contributed by atoms with E-state index in [9.17, 15) is 14.3 Å². The Bertz CT molecular complexity index is 857. The lowest BCUT2D eigenvalue weighted by Gasteiger charge is -2.15. The Labute approximate surface area is 120 Å². The topological polar surface area (TPSA) is 55.1 Å². The zero-order valence-corrected chi connectivity index (χ0v) is 11.3. The summed E-state index contributed by atoms with van der Waals surface area (Å²) in [6, 6.07) is 13.0. The van der Waals surface area contributed by atoms with Crippen molar-refractivity contribution in [1.82, 2.24) is 9.55 Å². The SMILES string of the molecule is CC(O)c1nc2cccc(F)c2c(=O)n1-c1ccccc1. The van der Waals surface area contributed by atoms with Gasteiger partial charge in [0.05, 0.1) is 11.2 Å². The lowest BCUT2D eigenvalue weighted by Crippen LogP contribution is -2.25. The first-order valence-corrected chi connectivity index (χ1v) is 6.54. The summed E-state index contributed by atoms with van der Waals surface area (Å²) in [5.41, 5.74) is 0.249. The van der Waals surface area contributed by atoms with Gasteiger partial charge in [-0.1, -0.05) is 24.3 Å². The number of aliphatic hydroxyl groups is 1. The molecule has 0 aliphatic rings. The number of aromatic nitrogens is 2. The number of rotatable bonds is 2. The Morgan fingerprint density at radius 3 is 2.52 bits per heavy atom. The molecule has 1 unspecified atom stereocenters. The summed E-state index contributed by atoms with van der Waals surface area (Å²) in [5, 5.41) is 9.83. The first-order valence-electron chi connectivity index (χ1n) is 6.54. The zero-order valence-electron chi connectivity index (χ0n) is 11.3. The highest BCUT2D eigenvalue weighted by Gasteiger charge is 2.17. The molecule has 4 nitrogen and oxygen atoms in total. The first-order chi connectivity index (χ1) is 10.1. The summed E-state index contributed by atoms with van der Waals surface area (Å²) < 4.78 is 15.2. The van der Waals surface area contributed by atoms with Crippen molar-refractivity contribution >= 4 is 10.9 Å². The van der Waals surface area contributed by atoms with Crippen LogP contribution in [-0.4, -0.2) is 14.7 Å². The van der Waals surface area contributed by atoms with Crippen LogP contribution in [0.1, 0.15) is 18.9 Å². The number of fused-ring (bicyclic) bond motifs is 1. The molecule has 1 aromatic heterocycles. The van der Waals surface area contributed by atoms with Crippen molar-refractivity contribution in [2.45, 2.75) is 13.0 Å². The van der Waals surface area contributed by atoms with E-state index in [1.165, 1.54) is 23.6 Å². The molecule has 5 heteroatoms. The Kier molecular flexibility index (Phi) is 3.27. The number of halogens is 1. The average molecular weight is 284 g/mol. The number of hydrogen-bond donors (Lipinski definition) is 1. The highest BCUT2D eigenvalue weighted by molar-refractivity contribution is 5.78. The molecule has 0 aliphatic carbocycles. The standard InChI is InChI=1S/C16H13FN2O2/c1-10(20)15-18-13-9-5-8-12(17)14(13)16(21)19(15)11-6-3-2-4-7-11/h2-10,20H,1H3. The van der Waals surface area contributed by atoms with Crippen molar-refractivity contribution in [3.8, 4) is 5.69 Å². The fourth-order valence-electron chi connectivity index (χ4n) is 2.31. The van der Waals surface area contributed by atoms with Crippen LogP contribution in [0.25, 0.3) is 16.6 Å². The first kappa shape index (κ1) is 13.5. The second kappa shape index (κ2) is 5.10. The minimum absolute atomic E-state index is 0.0780. The van der Waals surface area contributed by atoms with Gasteiger partial charge in [-0.3, -0.25) is 9.36 Å². The van der Waals surface area contributed by atoms with Crippen LogP contribution in [0.3, 0.4) is 0 Å². The summed E-state index contributed by atoms with van der Waals surface area (Å²) in [4.78, 5) is 16.9. The fraction of sp³-hybridized carbons (Fsp3) is 0.125. The maximum absolute atomic E-state index is 14.0. The summed E-state index contributed by atoms with van der Waals surface area (Å²) >= 11 is 0. The third-order valence-electron chi connectivity index (χ3n) is 3.26. The summed E-state index contributed by atoms with van der Waals surface area (Å²) in [6.45, 7) is 1.52. The Hall–Kier alpha value is -2.53. The zero-order chi connectivity index (χ0) is 15.0. The van der Waals surface area contributed by atoms with E-state index in [1.807, 2.05) is 6.07 Å². The molecule has 0 bridgehead atoms. The van der Waals surface area contributed by atoms with E-state index < -0.39 is 17.5 Å². The van der Waals surface area contributed by atoms with E-state index in [1.54, 1.807) is 30.3 Å². The lowest BCUT2D eigenvalue weighted by molar-refractivity contribution is 0.186. The number of benzene rings is 2. The van der Waals surface area contributed by atoms with Gasteiger partial charge in [0.25, 0.3) is 5.56 Å². The molecule has 0 radical (unpaired) electrons. The van der Waals surface area contributed by atoms with Gasteiger partial charge in [-0.05, 0) is 31.2 Å². The van der Waals surface area contributed by atoms with E-state index in [0.717, 1.165) is 0 Å². The van der Waals surface area contributed by atoms with Gasteiger partial charge in [-0.2, -0.15) is 0 Å². The molecule has 0 fully saturated rings. The molecule has 1 N–H and O–H groups in total. The third-order valence-corrected chi connectivity index (χ3v) is 3.26. The second-order valence-electron chi connectivity index (χ2n) is 4.76. The van der Waals surface area contributed by atoms with Gasteiger partial charge in [0.1, 0.15) is 23.1 Å². The second-order valence-corrected chi connectivity index (χ2v) is 4.76. The molecule has 1 heterocycles. The number of aliphatic hydroxyl groups excluding tert-OH is 1. The molecule has 2 aromatic carbocycles. The Morgan fingerprint density at radius 1 is 1.14 bits per heavy atom. The van der Waals surface area contributed by atoms with Crippen molar-refractivity contribution in [1.29, 1.82) is 0 Å². The largest absolute Gasteiger partial charge is 0.385 e. The molecule has 0 spiro atoms. The van der Waals surface area contributed by atoms with Crippen molar-refractivity contribution in [3.63, 3.8) is 0 Å². The van der Waals surface area contributed by atoms with E-state index in [0.29, 0.717) is 5.69 Å². The van der Waals surface area contributed by atoms with Gasteiger partial charge in [-0.25, -0.2) is 9.37 Å². The Morgan fingerprint density at radius 2 is 1.86 bits per heavy atom. The van der Waals surface area contributed by atoms with Gasteiger partial charge in [0, 0.05) is 0 Å². The van der Waals surface area contributed by atoms with E-state index in [-0.39, 0.29) is 16.7 Å². The number of nitrogens with zero attached hydrogens (tertiary/aromatic N) is 2. The molecule has 0 aliphatic heterocycles. The Balaban J connectivity index is 2.47. The summed E-state index contributed by atoms with van der Waals surface area (Å²) in [5.74, 6) is -0.434. The van der Waals surface area contributed by atoms with Crippen LogP contribution in [-0.2, 0) is 0 Å². The molecule has 3 rings (SSSR count). The predicted molar refractivity (Wildman–Crippen MR) is 77.9 cm³/mol. The van der Waals surface area contributed by atoms with Gasteiger partial charge >= 0.3 is 0 Å². The van der Waals surface area contributed by atoms with Crippen LogP contribution in [0.2, 0.25) is 0 Å². The molecule has 0 saturated heterocycles. The summed E-state index contributed by atoms with van der Waals surface area (Å²) in [6.07, 6.45) is -0.953. The summed E-state index contributed by atoms with van der Waals surface area (Å²) in [7, 11) is 0. The van der Waals surface area contributed by atoms with Crippen LogP contribution in [0.4, 0.5) is 4.39 Å². The van der Waals surface area contributed by atoms with Crippen LogP contribution in [0.15, 0.2) is 53.3 Å². The molecular weight excluding hydrogens is 271 g/mol. The molecule has 0 amide bonds. The van der Waals surface area contributed by atoms with E-state index >= 15 is 0 Å². The molecule has 21 heavy (non-hydrogen) atoms. The molecule has 0 saturated carbocycles. The number of hydrogen-bond acceptors (Lipinski definition) is 3. The monoisotopic (exact) mass is 284 g/mol. The molecule has 1 atom stereocenters. The minimum atomic E-state index is -0.953. The van der Waals surface area contributed by atoms with Crippen molar-refractivity contribution in [3.05, 3.63) is 70.5 Å².